The summed E-state index contributed by atoms with van der Waals surface area (Å²) in [5, 5.41) is 5.29. The normalized spacial score (nSPS) is 13.9. The number of allylic oxidation sites excluding steroid dienone is 4. The van der Waals surface area contributed by atoms with E-state index in [0.29, 0.717) is 5.92 Å². The molecule has 1 aliphatic rings. The van der Waals surface area contributed by atoms with Gasteiger partial charge >= 0.3 is 26.2 Å². The van der Waals surface area contributed by atoms with E-state index >= 15 is 0 Å². The van der Waals surface area contributed by atoms with Gasteiger partial charge in [0.2, 0.25) is 0 Å². The molecule has 0 spiro atoms. The molecule has 0 saturated carbocycles. The van der Waals surface area contributed by atoms with Crippen molar-refractivity contribution in [1.29, 1.82) is 0 Å². The average Bonchev–Trinajstić information content (AvgIpc) is 3.28. The van der Waals surface area contributed by atoms with E-state index in [-0.39, 0.29) is 51.0 Å². The number of hydrogen-bond acceptors (Lipinski definition) is 0. The Morgan fingerprint density at radius 2 is 1.31 bits per heavy atom. The predicted molar refractivity (Wildman–Crippen MR) is 145 cm³/mol. The van der Waals surface area contributed by atoms with Crippen molar-refractivity contribution in [3.63, 3.8) is 0 Å². The van der Waals surface area contributed by atoms with Crippen LogP contribution in [0.4, 0.5) is 0 Å². The van der Waals surface area contributed by atoms with Crippen LogP contribution in [0.5, 0.6) is 0 Å². The van der Waals surface area contributed by atoms with Gasteiger partial charge in [-0.1, -0.05) is 101 Å². The van der Waals surface area contributed by atoms with E-state index < -0.39 is 0 Å². The van der Waals surface area contributed by atoms with Crippen LogP contribution in [-0.2, 0) is 26.2 Å². The monoisotopic (exact) mass is 594 g/mol. The molecule has 4 aromatic rings. The second-order valence-corrected chi connectivity index (χ2v) is 9.67. The van der Waals surface area contributed by atoms with E-state index in [1.807, 2.05) is 0 Å². The maximum absolute atomic E-state index is 3.36. The third-order valence-corrected chi connectivity index (χ3v) is 6.21. The number of fused-ring (bicyclic) bond motifs is 2. The molecule has 0 N–H and O–H groups in total. The Balaban J connectivity index is 0.000000660. The van der Waals surface area contributed by atoms with Crippen LogP contribution in [0, 0.1) is 18.9 Å². The van der Waals surface area contributed by atoms with Crippen molar-refractivity contribution in [2.75, 3.05) is 0 Å². The first-order valence-corrected chi connectivity index (χ1v) is 13.4. The van der Waals surface area contributed by atoms with E-state index in [4.69, 9.17) is 0 Å². The molecule has 2 radical (unpaired) electrons. The van der Waals surface area contributed by atoms with Crippen LogP contribution in [0.25, 0.3) is 32.7 Å². The molecule has 0 nitrogen and oxygen atoms in total. The van der Waals surface area contributed by atoms with E-state index in [2.05, 4.69) is 127 Å². The van der Waals surface area contributed by atoms with Gasteiger partial charge < -0.3 is 24.8 Å². The zero-order chi connectivity index (χ0) is 23.3. The molecule has 1 aliphatic carbocycles. The van der Waals surface area contributed by atoms with Crippen molar-refractivity contribution in [1.82, 2.24) is 0 Å². The quantitative estimate of drug-likeness (QED) is 0.234. The number of halogens is 2. The molecule has 0 heterocycles. The first kappa shape index (κ1) is 33.7. The summed E-state index contributed by atoms with van der Waals surface area (Å²) in [5.74, 6) is 0.560. The molecule has 0 bridgehead atoms. The second kappa shape index (κ2) is 15.7. The fourth-order valence-corrected chi connectivity index (χ4v) is 4.24. The Morgan fingerprint density at radius 1 is 0.771 bits per heavy atom. The second-order valence-electron chi connectivity index (χ2n) is 8.67. The van der Waals surface area contributed by atoms with Gasteiger partial charge in [-0.15, -0.1) is 41.5 Å². The van der Waals surface area contributed by atoms with Crippen LogP contribution in [0.15, 0.2) is 89.5 Å². The Labute approximate surface area is 246 Å². The van der Waals surface area contributed by atoms with Crippen molar-refractivity contribution in [2.24, 2.45) is 5.92 Å². The van der Waals surface area contributed by atoms with Crippen molar-refractivity contribution in [3.8, 4) is 11.1 Å². The van der Waals surface area contributed by atoms with Gasteiger partial charge in [0.05, 0.1) is 0 Å². The Hall–Kier alpha value is -1.31. The minimum atomic E-state index is 0. The molecule has 35 heavy (non-hydrogen) atoms. The fourth-order valence-electron chi connectivity index (χ4n) is 4.24. The van der Waals surface area contributed by atoms with Crippen molar-refractivity contribution < 1.29 is 51.0 Å². The van der Waals surface area contributed by atoms with Crippen LogP contribution in [0.2, 0.25) is 13.1 Å². The van der Waals surface area contributed by atoms with Crippen LogP contribution >= 0.6 is 0 Å². The molecule has 4 heteroatoms. The molecule has 180 valence electrons. The molecule has 4 aromatic carbocycles. The molecular formula is C31H34Cl2SiZr. The Bertz CT molecular complexity index is 1280. The third-order valence-electron chi connectivity index (χ3n) is 6.21. The van der Waals surface area contributed by atoms with Crippen molar-refractivity contribution >= 4 is 31.1 Å². The van der Waals surface area contributed by atoms with Crippen molar-refractivity contribution in [2.45, 2.75) is 47.7 Å². The van der Waals surface area contributed by atoms with Gasteiger partial charge in [-0.2, -0.15) is 17.2 Å². The number of rotatable bonds is 1. The summed E-state index contributed by atoms with van der Waals surface area (Å²) in [4.78, 5) is 0. The summed E-state index contributed by atoms with van der Waals surface area (Å²) in [6, 6.07) is 26.2. The van der Waals surface area contributed by atoms with Crippen LogP contribution < -0.4 is 24.8 Å². The van der Waals surface area contributed by atoms with Gasteiger partial charge in [-0.25, -0.2) is 5.57 Å². The van der Waals surface area contributed by atoms with Gasteiger partial charge in [-0.3, -0.25) is 6.08 Å². The summed E-state index contributed by atoms with van der Waals surface area (Å²) >= 11 is 0. The average molecular weight is 597 g/mol. The molecule has 0 aromatic heterocycles. The van der Waals surface area contributed by atoms with Crippen LogP contribution in [0.3, 0.4) is 0 Å². The topological polar surface area (TPSA) is 0 Å². The van der Waals surface area contributed by atoms with Crippen LogP contribution in [-0.4, -0.2) is 9.52 Å². The summed E-state index contributed by atoms with van der Waals surface area (Å²) in [5.41, 5.74) is 8.22. The van der Waals surface area contributed by atoms with E-state index in [1.165, 1.54) is 55.0 Å². The Morgan fingerprint density at radius 3 is 1.86 bits per heavy atom. The standard InChI is InChI=1S/C20H15.C9H13.C2H6Si.2ClH.Zr/c1-14-12-16-8-5-11-19(20(16)13-14)18-10-4-7-15-6-2-3-9-17(15)18;1-6-5-7(2)9(4)8(6)3;1-3-2;;;/h2-13H,1H3;6H,1-4H3;1-2H3;2*1H;/q2*-1;;;;+4/p-2. The van der Waals surface area contributed by atoms with Gasteiger partial charge in [-0.05, 0) is 16.3 Å². The van der Waals surface area contributed by atoms with Crippen molar-refractivity contribution in [3.05, 3.63) is 101 Å². The SMILES string of the molecule is CC1=[C-]C(C)C(C)=C1C.C[Si]C.Cc1cc2c(-c3cccc4ccccc34)cccc2[cH-]1.[Cl-].[Cl-].[Zr+4]. The van der Waals surface area contributed by atoms with Crippen LogP contribution in [0.1, 0.15) is 33.3 Å². The summed E-state index contributed by atoms with van der Waals surface area (Å²) in [6.07, 6.45) is 3.36. The minimum absolute atomic E-state index is 0. The fraction of sp³-hybridized carbons (Fsp3) is 0.258. The molecule has 0 amide bonds. The summed E-state index contributed by atoms with van der Waals surface area (Å²) < 4.78 is 0. The molecule has 0 aliphatic heterocycles. The van der Waals surface area contributed by atoms with Gasteiger partial charge in [0.15, 0.2) is 0 Å². The number of hydrogen-bond donors (Lipinski definition) is 0. The summed E-state index contributed by atoms with van der Waals surface area (Å²) in [6.45, 7) is 15.1. The van der Waals surface area contributed by atoms with Gasteiger partial charge in [0, 0.05) is 9.52 Å². The van der Waals surface area contributed by atoms with E-state index in [9.17, 15) is 0 Å². The first-order chi connectivity index (χ1) is 15.4. The molecule has 1 atom stereocenters. The molecule has 1 unspecified atom stereocenters. The predicted octanol–water partition coefficient (Wildman–Crippen LogP) is 3.20. The van der Waals surface area contributed by atoms with E-state index in [0.717, 1.165) is 9.52 Å². The number of aryl methyl sites for hydroxylation is 1. The third kappa shape index (κ3) is 8.09. The van der Waals surface area contributed by atoms with E-state index in [1.54, 1.807) is 0 Å². The summed E-state index contributed by atoms with van der Waals surface area (Å²) in [7, 11) is 1.08. The smallest absolute Gasteiger partial charge is 1.00 e. The molecular weight excluding hydrogens is 563 g/mol. The minimum Gasteiger partial charge on any atom is -1.00 e. The Kier molecular flexibility index (Phi) is 15.1. The zero-order valence-electron chi connectivity index (χ0n) is 21.8. The maximum atomic E-state index is 3.36. The molecule has 0 fully saturated rings. The molecule has 5 rings (SSSR count). The largest absolute Gasteiger partial charge is 4.00 e. The van der Waals surface area contributed by atoms with Gasteiger partial charge in [0.25, 0.3) is 0 Å². The first-order valence-electron chi connectivity index (χ1n) is 11.4. The van der Waals surface area contributed by atoms with Gasteiger partial charge in [0.1, 0.15) is 0 Å². The number of benzene rings is 3. The molecule has 0 saturated heterocycles. The maximum Gasteiger partial charge on any atom is 4.00 e. The zero-order valence-corrected chi connectivity index (χ0v) is 26.7.